The van der Waals surface area contributed by atoms with E-state index in [1.807, 2.05) is 0 Å². The maximum atomic E-state index is 11.1. The van der Waals surface area contributed by atoms with Crippen molar-refractivity contribution in [1.82, 2.24) is 0 Å². The first-order chi connectivity index (χ1) is 8.63. The van der Waals surface area contributed by atoms with E-state index >= 15 is 0 Å². The highest BCUT2D eigenvalue weighted by molar-refractivity contribution is 5.81. The molecular formula is C13H20O5. The summed E-state index contributed by atoms with van der Waals surface area (Å²) >= 11 is 0. The van der Waals surface area contributed by atoms with E-state index in [4.69, 9.17) is 14.2 Å². The van der Waals surface area contributed by atoms with E-state index in [-0.39, 0.29) is 18.0 Å². The van der Waals surface area contributed by atoms with E-state index in [1.54, 1.807) is 6.92 Å². The SMILES string of the molecule is CCOC(=O)/C=C/O[C@H]1CCCO[C@@H]1CC(C)=O. The van der Waals surface area contributed by atoms with E-state index < -0.39 is 5.97 Å². The molecule has 0 N–H and O–H groups in total. The molecule has 0 aromatic rings. The number of ether oxygens (including phenoxy) is 3. The van der Waals surface area contributed by atoms with Crippen LogP contribution in [0.2, 0.25) is 0 Å². The zero-order valence-corrected chi connectivity index (χ0v) is 10.9. The summed E-state index contributed by atoms with van der Waals surface area (Å²) in [5.41, 5.74) is 0. The largest absolute Gasteiger partial charge is 0.495 e. The number of rotatable bonds is 6. The summed E-state index contributed by atoms with van der Waals surface area (Å²) in [7, 11) is 0. The fourth-order valence-corrected chi connectivity index (χ4v) is 1.83. The van der Waals surface area contributed by atoms with Gasteiger partial charge in [0.25, 0.3) is 0 Å². The Balaban J connectivity index is 2.42. The van der Waals surface area contributed by atoms with Gasteiger partial charge in [-0.15, -0.1) is 0 Å². The third-order valence-corrected chi connectivity index (χ3v) is 2.61. The summed E-state index contributed by atoms with van der Waals surface area (Å²) in [6.07, 6.45) is 4.24. The van der Waals surface area contributed by atoms with Gasteiger partial charge in [-0.1, -0.05) is 0 Å². The number of esters is 1. The van der Waals surface area contributed by atoms with Crippen molar-refractivity contribution >= 4 is 11.8 Å². The predicted molar refractivity (Wildman–Crippen MR) is 64.9 cm³/mol. The molecule has 1 fully saturated rings. The van der Waals surface area contributed by atoms with Gasteiger partial charge in [0.15, 0.2) is 0 Å². The van der Waals surface area contributed by atoms with Crippen molar-refractivity contribution in [2.45, 2.75) is 45.3 Å². The standard InChI is InChI=1S/C13H20O5/c1-3-16-13(15)6-8-18-11-5-4-7-17-12(11)9-10(2)14/h6,8,11-12H,3-5,7,9H2,1-2H3/b8-6+/t11-,12+/m0/s1. The van der Waals surface area contributed by atoms with Gasteiger partial charge in [0.2, 0.25) is 0 Å². The number of ketones is 1. The summed E-state index contributed by atoms with van der Waals surface area (Å²) in [4.78, 5) is 22.2. The van der Waals surface area contributed by atoms with Gasteiger partial charge in [0.1, 0.15) is 18.0 Å². The van der Waals surface area contributed by atoms with Crippen molar-refractivity contribution in [3.05, 3.63) is 12.3 Å². The molecule has 0 radical (unpaired) electrons. The van der Waals surface area contributed by atoms with Crippen LogP contribution < -0.4 is 0 Å². The van der Waals surface area contributed by atoms with Crippen molar-refractivity contribution < 1.29 is 23.8 Å². The first kappa shape index (κ1) is 14.7. The molecule has 2 atom stereocenters. The molecule has 0 aromatic carbocycles. The van der Waals surface area contributed by atoms with E-state index in [0.29, 0.717) is 19.6 Å². The van der Waals surface area contributed by atoms with Gasteiger partial charge in [0.05, 0.1) is 18.9 Å². The highest BCUT2D eigenvalue weighted by atomic mass is 16.5. The van der Waals surface area contributed by atoms with Gasteiger partial charge in [0, 0.05) is 13.0 Å². The molecule has 102 valence electrons. The van der Waals surface area contributed by atoms with Crippen LogP contribution in [0.3, 0.4) is 0 Å². The smallest absolute Gasteiger partial charge is 0.333 e. The van der Waals surface area contributed by atoms with Gasteiger partial charge in [-0.2, -0.15) is 0 Å². The fourth-order valence-electron chi connectivity index (χ4n) is 1.83. The lowest BCUT2D eigenvalue weighted by atomic mass is 10.0. The highest BCUT2D eigenvalue weighted by Crippen LogP contribution is 2.20. The average Bonchev–Trinajstić information content (AvgIpc) is 2.31. The Bertz CT molecular complexity index is 311. The summed E-state index contributed by atoms with van der Waals surface area (Å²) in [6.45, 7) is 4.26. The lowest BCUT2D eigenvalue weighted by molar-refractivity contribution is -0.138. The number of carbonyl (C=O) groups is 2. The molecule has 5 nitrogen and oxygen atoms in total. The third-order valence-electron chi connectivity index (χ3n) is 2.61. The van der Waals surface area contributed by atoms with Crippen molar-refractivity contribution in [2.75, 3.05) is 13.2 Å². The van der Waals surface area contributed by atoms with E-state index in [0.717, 1.165) is 12.8 Å². The highest BCUT2D eigenvalue weighted by Gasteiger charge is 2.27. The Morgan fingerprint density at radius 1 is 1.44 bits per heavy atom. The number of hydrogen-bond acceptors (Lipinski definition) is 5. The lowest BCUT2D eigenvalue weighted by Crippen LogP contribution is -2.36. The van der Waals surface area contributed by atoms with E-state index in [2.05, 4.69) is 0 Å². The fraction of sp³-hybridized carbons (Fsp3) is 0.692. The second kappa shape index (κ2) is 7.87. The van der Waals surface area contributed by atoms with Crippen LogP contribution in [0.1, 0.15) is 33.1 Å². The number of hydrogen-bond donors (Lipinski definition) is 0. The lowest BCUT2D eigenvalue weighted by Gasteiger charge is -2.30. The Hall–Kier alpha value is -1.36. The molecule has 0 amide bonds. The monoisotopic (exact) mass is 256 g/mol. The van der Waals surface area contributed by atoms with Crippen molar-refractivity contribution in [2.24, 2.45) is 0 Å². The molecule has 0 saturated carbocycles. The Morgan fingerprint density at radius 2 is 2.22 bits per heavy atom. The second-order valence-electron chi connectivity index (χ2n) is 4.19. The summed E-state index contributed by atoms with van der Waals surface area (Å²) in [5.74, 6) is -0.359. The van der Waals surface area contributed by atoms with Crippen LogP contribution in [-0.2, 0) is 23.8 Å². The Kier molecular flexibility index (Phi) is 6.43. The molecular weight excluding hydrogens is 236 g/mol. The minimum atomic E-state index is -0.433. The quantitative estimate of drug-likeness (QED) is 0.410. The molecule has 0 unspecified atom stereocenters. The zero-order chi connectivity index (χ0) is 13.4. The summed E-state index contributed by atoms with van der Waals surface area (Å²) in [6, 6.07) is 0. The average molecular weight is 256 g/mol. The van der Waals surface area contributed by atoms with Crippen LogP contribution in [0, 0.1) is 0 Å². The van der Waals surface area contributed by atoms with Gasteiger partial charge < -0.3 is 14.2 Å². The third kappa shape index (κ3) is 5.31. The van der Waals surface area contributed by atoms with Crippen LogP contribution in [0.4, 0.5) is 0 Å². The molecule has 0 bridgehead atoms. The molecule has 1 saturated heterocycles. The van der Waals surface area contributed by atoms with Gasteiger partial charge in [-0.3, -0.25) is 4.79 Å². The van der Waals surface area contributed by atoms with Gasteiger partial charge in [-0.05, 0) is 26.7 Å². The molecule has 1 aliphatic rings. The number of carbonyl (C=O) groups excluding carboxylic acids is 2. The van der Waals surface area contributed by atoms with Crippen molar-refractivity contribution in [1.29, 1.82) is 0 Å². The zero-order valence-electron chi connectivity index (χ0n) is 10.9. The molecule has 0 aromatic heterocycles. The Labute approximate surface area is 107 Å². The molecule has 5 heteroatoms. The van der Waals surface area contributed by atoms with Crippen LogP contribution in [-0.4, -0.2) is 37.2 Å². The molecule has 1 heterocycles. The van der Waals surface area contributed by atoms with Crippen LogP contribution >= 0.6 is 0 Å². The molecule has 1 aliphatic heterocycles. The molecule has 1 rings (SSSR count). The Morgan fingerprint density at radius 3 is 2.89 bits per heavy atom. The van der Waals surface area contributed by atoms with Crippen molar-refractivity contribution in [3.63, 3.8) is 0 Å². The van der Waals surface area contributed by atoms with Gasteiger partial charge in [-0.25, -0.2) is 4.79 Å². The van der Waals surface area contributed by atoms with Crippen LogP contribution in [0.15, 0.2) is 12.3 Å². The predicted octanol–water partition coefficient (Wildman–Crippen LogP) is 1.61. The first-order valence-electron chi connectivity index (χ1n) is 6.23. The summed E-state index contributed by atoms with van der Waals surface area (Å²) in [5, 5.41) is 0. The van der Waals surface area contributed by atoms with Crippen LogP contribution in [0.25, 0.3) is 0 Å². The van der Waals surface area contributed by atoms with E-state index in [1.165, 1.54) is 19.3 Å². The van der Waals surface area contributed by atoms with Crippen molar-refractivity contribution in [3.8, 4) is 0 Å². The minimum absolute atomic E-state index is 0.0740. The van der Waals surface area contributed by atoms with Crippen LogP contribution in [0.5, 0.6) is 0 Å². The maximum absolute atomic E-state index is 11.1. The number of Topliss-reactive ketones (excluding diaryl/α,β-unsaturated/α-hetero) is 1. The topological polar surface area (TPSA) is 61.8 Å². The van der Waals surface area contributed by atoms with Gasteiger partial charge >= 0.3 is 5.97 Å². The summed E-state index contributed by atoms with van der Waals surface area (Å²) < 4.78 is 15.7. The molecule has 0 aliphatic carbocycles. The van der Waals surface area contributed by atoms with E-state index in [9.17, 15) is 9.59 Å². The molecule has 18 heavy (non-hydrogen) atoms. The second-order valence-corrected chi connectivity index (χ2v) is 4.19. The normalized spacial score (nSPS) is 23.9. The minimum Gasteiger partial charge on any atom is -0.495 e. The maximum Gasteiger partial charge on any atom is 0.333 e. The molecule has 0 spiro atoms. The first-order valence-corrected chi connectivity index (χ1v) is 6.23.